The molecule has 1 amide bonds. The molecule has 1 aromatic carbocycles. The number of halogens is 1. The molecule has 1 N–H and O–H groups in total. The molecule has 5 nitrogen and oxygen atoms in total. The Morgan fingerprint density at radius 2 is 2.19 bits per heavy atom. The third-order valence-electron chi connectivity index (χ3n) is 6.27. The van der Waals surface area contributed by atoms with Crippen molar-refractivity contribution in [1.29, 1.82) is 0 Å². The lowest BCUT2D eigenvalue weighted by Gasteiger charge is -2.48. The summed E-state index contributed by atoms with van der Waals surface area (Å²) in [5.41, 5.74) is 1.98. The van der Waals surface area contributed by atoms with Gasteiger partial charge < -0.3 is 19.4 Å². The van der Waals surface area contributed by atoms with E-state index in [4.69, 9.17) is 9.47 Å². The van der Waals surface area contributed by atoms with Crippen LogP contribution in [0.5, 0.6) is 0 Å². The summed E-state index contributed by atoms with van der Waals surface area (Å²) in [7, 11) is 1.75. The van der Waals surface area contributed by atoms with Gasteiger partial charge in [-0.3, -0.25) is 4.79 Å². The topological polar surface area (TPSA) is 54.6 Å². The van der Waals surface area contributed by atoms with Crippen LogP contribution in [0.1, 0.15) is 36.9 Å². The molecule has 2 aromatic rings. The Kier molecular flexibility index (Phi) is 4.95. The molecule has 2 fully saturated rings. The fourth-order valence-corrected chi connectivity index (χ4v) is 4.69. The minimum absolute atomic E-state index is 0.0860. The van der Waals surface area contributed by atoms with Crippen molar-refractivity contribution in [3.8, 4) is 0 Å². The highest BCUT2D eigenvalue weighted by Gasteiger charge is 2.45. The van der Waals surface area contributed by atoms with E-state index in [1.165, 1.54) is 6.07 Å². The normalized spacial score (nSPS) is 22.5. The van der Waals surface area contributed by atoms with Gasteiger partial charge in [0.05, 0.1) is 23.6 Å². The molecule has 2 aliphatic rings. The zero-order valence-corrected chi connectivity index (χ0v) is 16.0. The molecule has 2 aliphatic heterocycles. The van der Waals surface area contributed by atoms with Gasteiger partial charge in [0.15, 0.2) is 0 Å². The molecule has 1 spiro atoms. The van der Waals surface area contributed by atoms with Gasteiger partial charge in [0.1, 0.15) is 5.82 Å². The fourth-order valence-electron chi connectivity index (χ4n) is 4.69. The highest BCUT2D eigenvalue weighted by atomic mass is 19.1. The molecule has 6 heteroatoms. The van der Waals surface area contributed by atoms with Gasteiger partial charge in [-0.15, -0.1) is 0 Å². The van der Waals surface area contributed by atoms with Crippen molar-refractivity contribution in [3.63, 3.8) is 0 Å². The zero-order chi connectivity index (χ0) is 19.0. The molecule has 0 saturated carbocycles. The predicted octanol–water partition coefficient (Wildman–Crippen LogP) is 3.34. The Balaban J connectivity index is 1.46. The zero-order valence-electron chi connectivity index (χ0n) is 16.0. The second-order valence-corrected chi connectivity index (χ2v) is 7.73. The van der Waals surface area contributed by atoms with Crippen LogP contribution in [0.25, 0.3) is 10.9 Å². The number of methoxy groups -OCH3 is 1. The van der Waals surface area contributed by atoms with E-state index in [1.807, 2.05) is 17.9 Å². The summed E-state index contributed by atoms with van der Waals surface area (Å²) >= 11 is 0. The van der Waals surface area contributed by atoms with E-state index in [9.17, 15) is 9.18 Å². The van der Waals surface area contributed by atoms with Gasteiger partial charge in [-0.1, -0.05) is 12.1 Å². The number of H-pyrrole nitrogens is 1. The van der Waals surface area contributed by atoms with E-state index in [1.54, 1.807) is 13.2 Å². The smallest absolute Gasteiger partial charge is 0.227 e. The molecule has 2 saturated heterocycles. The molecule has 1 atom stereocenters. The Morgan fingerprint density at radius 1 is 1.41 bits per heavy atom. The first-order chi connectivity index (χ1) is 13.0. The minimum atomic E-state index is -0.283. The van der Waals surface area contributed by atoms with Gasteiger partial charge in [0.25, 0.3) is 0 Å². The number of carbonyl (C=O) groups is 1. The van der Waals surface area contributed by atoms with Crippen molar-refractivity contribution < 1.29 is 18.7 Å². The lowest BCUT2D eigenvalue weighted by molar-refractivity contribution is -0.188. The van der Waals surface area contributed by atoms with Crippen LogP contribution in [-0.4, -0.2) is 54.3 Å². The number of aromatic nitrogens is 1. The molecular formula is C21H27FN2O3. The molecule has 27 heavy (non-hydrogen) atoms. The SMILES string of the molecule is COC1CCCOC12CCN(C(=O)Cc1c(C)[nH]c3c(F)cccc13)CC2. The van der Waals surface area contributed by atoms with E-state index < -0.39 is 0 Å². The summed E-state index contributed by atoms with van der Waals surface area (Å²) in [5.74, 6) is -0.197. The Bertz CT molecular complexity index is 839. The quantitative estimate of drug-likeness (QED) is 0.896. The molecular weight excluding hydrogens is 347 g/mol. The van der Waals surface area contributed by atoms with Crippen LogP contribution in [0, 0.1) is 12.7 Å². The monoisotopic (exact) mass is 374 g/mol. The lowest BCUT2D eigenvalue weighted by atomic mass is 9.81. The average Bonchev–Trinajstić information content (AvgIpc) is 3.00. The second-order valence-electron chi connectivity index (χ2n) is 7.73. The number of nitrogens with zero attached hydrogens (tertiary/aromatic N) is 1. The van der Waals surface area contributed by atoms with E-state index in [2.05, 4.69) is 4.98 Å². The number of carbonyl (C=O) groups excluding carboxylic acids is 1. The Labute approximate surface area is 158 Å². The number of nitrogens with one attached hydrogen (secondary N) is 1. The van der Waals surface area contributed by atoms with Crippen molar-refractivity contribution in [2.75, 3.05) is 26.8 Å². The number of aromatic amines is 1. The first-order valence-corrected chi connectivity index (χ1v) is 9.74. The van der Waals surface area contributed by atoms with E-state index >= 15 is 0 Å². The number of piperidine rings is 1. The van der Waals surface area contributed by atoms with E-state index in [0.29, 0.717) is 18.6 Å². The van der Waals surface area contributed by atoms with Crippen LogP contribution in [0.4, 0.5) is 4.39 Å². The summed E-state index contributed by atoms with van der Waals surface area (Å²) in [6.45, 7) is 4.02. The second kappa shape index (κ2) is 7.24. The molecule has 0 radical (unpaired) electrons. The maximum atomic E-state index is 14.0. The van der Waals surface area contributed by atoms with Gasteiger partial charge in [0, 0.05) is 37.9 Å². The van der Waals surface area contributed by atoms with E-state index in [0.717, 1.165) is 48.9 Å². The minimum Gasteiger partial charge on any atom is -0.378 e. The highest BCUT2D eigenvalue weighted by molar-refractivity contribution is 5.90. The van der Waals surface area contributed by atoms with Gasteiger partial charge in [-0.25, -0.2) is 4.39 Å². The molecule has 3 heterocycles. The summed E-state index contributed by atoms with van der Waals surface area (Å²) in [4.78, 5) is 17.9. The highest BCUT2D eigenvalue weighted by Crippen LogP contribution is 2.37. The molecule has 4 rings (SSSR count). The summed E-state index contributed by atoms with van der Waals surface area (Å²) in [5, 5.41) is 0.796. The number of ether oxygens (including phenoxy) is 2. The third kappa shape index (κ3) is 3.25. The summed E-state index contributed by atoms with van der Waals surface area (Å²) < 4.78 is 25.8. The maximum absolute atomic E-state index is 14.0. The van der Waals surface area contributed by atoms with Crippen molar-refractivity contribution in [2.45, 2.75) is 50.7 Å². The number of rotatable bonds is 3. The Hall–Kier alpha value is -1.92. The lowest BCUT2D eigenvalue weighted by Crippen LogP contribution is -2.56. The molecule has 146 valence electrons. The largest absolute Gasteiger partial charge is 0.378 e. The van der Waals surface area contributed by atoms with Crippen LogP contribution in [0.15, 0.2) is 18.2 Å². The first-order valence-electron chi connectivity index (χ1n) is 9.74. The molecule has 1 unspecified atom stereocenters. The predicted molar refractivity (Wildman–Crippen MR) is 101 cm³/mol. The summed E-state index contributed by atoms with van der Waals surface area (Å²) in [6, 6.07) is 4.99. The van der Waals surface area contributed by atoms with Crippen LogP contribution in [0.2, 0.25) is 0 Å². The third-order valence-corrected chi connectivity index (χ3v) is 6.27. The van der Waals surface area contributed by atoms with Crippen LogP contribution >= 0.6 is 0 Å². The van der Waals surface area contributed by atoms with Crippen molar-refractivity contribution >= 4 is 16.8 Å². The molecule has 0 bridgehead atoms. The van der Waals surface area contributed by atoms with Crippen LogP contribution < -0.4 is 0 Å². The van der Waals surface area contributed by atoms with Gasteiger partial charge in [-0.05, 0) is 44.2 Å². The summed E-state index contributed by atoms with van der Waals surface area (Å²) in [6.07, 6.45) is 4.06. The van der Waals surface area contributed by atoms with Gasteiger partial charge >= 0.3 is 0 Å². The molecule has 1 aromatic heterocycles. The maximum Gasteiger partial charge on any atom is 0.227 e. The van der Waals surface area contributed by atoms with Crippen LogP contribution in [0.3, 0.4) is 0 Å². The number of para-hydroxylation sites is 1. The number of aryl methyl sites for hydroxylation is 1. The number of likely N-dealkylation sites (tertiary alicyclic amines) is 1. The molecule has 0 aliphatic carbocycles. The first kappa shape index (κ1) is 18.4. The number of hydrogen-bond acceptors (Lipinski definition) is 3. The van der Waals surface area contributed by atoms with Crippen molar-refractivity contribution in [3.05, 3.63) is 35.3 Å². The standard InChI is InChI=1S/C21H27FN2O3/c1-14-16(15-5-3-6-17(22)20(15)23-14)13-19(25)24-10-8-21(9-11-24)18(26-2)7-4-12-27-21/h3,5-6,18,23H,4,7-13H2,1-2H3. The van der Waals surface area contributed by atoms with E-state index in [-0.39, 0.29) is 29.9 Å². The number of fused-ring (bicyclic) bond motifs is 1. The fraction of sp³-hybridized carbons (Fsp3) is 0.571. The van der Waals surface area contributed by atoms with Gasteiger partial charge in [0.2, 0.25) is 5.91 Å². The average molecular weight is 374 g/mol. The van der Waals surface area contributed by atoms with Crippen LogP contribution in [-0.2, 0) is 20.7 Å². The van der Waals surface area contributed by atoms with Crippen molar-refractivity contribution in [2.24, 2.45) is 0 Å². The van der Waals surface area contributed by atoms with Gasteiger partial charge in [-0.2, -0.15) is 0 Å². The Morgan fingerprint density at radius 3 is 2.93 bits per heavy atom. The number of benzene rings is 1. The van der Waals surface area contributed by atoms with Crippen molar-refractivity contribution in [1.82, 2.24) is 9.88 Å². The number of hydrogen-bond donors (Lipinski definition) is 1. The number of amides is 1.